The molecule has 4 aliphatic rings. The molecule has 5 atom stereocenters. The number of likely N-dealkylation sites (N-methyl/N-ethyl adjacent to an activating group) is 1. The van der Waals surface area contributed by atoms with Gasteiger partial charge in [-0.25, -0.2) is 8.61 Å². The molecule has 4 unspecified atom stereocenters. The molecule has 0 aromatic rings. The van der Waals surface area contributed by atoms with E-state index in [1.807, 2.05) is 6.20 Å². The number of allylic oxidation sites excluding steroid dienone is 1. The molecule has 2 heterocycles. The van der Waals surface area contributed by atoms with Crippen molar-refractivity contribution in [3.05, 3.63) is 36.4 Å². The van der Waals surface area contributed by atoms with Gasteiger partial charge in [-0.2, -0.15) is 8.42 Å². The minimum Gasteiger partial charge on any atom is -0.290 e. The van der Waals surface area contributed by atoms with Crippen LogP contribution in [0.4, 0.5) is 0 Å². The average Bonchev–Trinajstić information content (AvgIpc) is 3.17. The second-order valence-corrected chi connectivity index (χ2v) is 8.74. The van der Waals surface area contributed by atoms with Crippen molar-refractivity contribution >= 4 is 16.5 Å². The summed E-state index contributed by atoms with van der Waals surface area (Å²) in [6, 6.07) is 0.667. The van der Waals surface area contributed by atoms with Crippen molar-refractivity contribution in [3.8, 4) is 0 Å². The normalized spacial score (nSPS) is 42.8. The number of hydrogen-bond donors (Lipinski definition) is 1. The first-order valence-electron chi connectivity index (χ1n) is 8.11. The standard InChI is InChI=1S/C16H23N4O2S/c1-4-6-19(11-17)23(21,22)18-7-8-20(3)14-9-13-15(16(13,14)20)12(5-2)10-18/h4,6-8,10-11,13-15,17H,5,9H2,1-3H3/q+1/b6-4-,8-7?,12-10?,17-11?/t13-,14?,15?,16?,20?/m1/s1. The number of quaternary nitrogens is 1. The Morgan fingerprint density at radius 1 is 1.57 bits per heavy atom. The van der Waals surface area contributed by atoms with Crippen molar-refractivity contribution in [3.63, 3.8) is 0 Å². The van der Waals surface area contributed by atoms with Crippen LogP contribution in [0.25, 0.3) is 0 Å². The van der Waals surface area contributed by atoms with Crippen molar-refractivity contribution in [1.29, 1.82) is 5.41 Å². The molecule has 4 rings (SSSR count). The highest BCUT2D eigenvalue weighted by Crippen LogP contribution is 2.86. The molecule has 0 radical (unpaired) electrons. The van der Waals surface area contributed by atoms with Gasteiger partial charge in [0.2, 0.25) is 0 Å². The van der Waals surface area contributed by atoms with Crippen LogP contribution in [-0.4, -0.2) is 46.5 Å². The van der Waals surface area contributed by atoms with E-state index in [4.69, 9.17) is 5.41 Å². The van der Waals surface area contributed by atoms with Gasteiger partial charge in [-0.3, -0.25) is 9.89 Å². The largest absolute Gasteiger partial charge is 0.334 e. The third-order valence-corrected chi connectivity index (χ3v) is 7.91. The lowest BCUT2D eigenvalue weighted by atomic mass is 10.0. The van der Waals surface area contributed by atoms with Crippen molar-refractivity contribution in [2.24, 2.45) is 11.8 Å². The van der Waals surface area contributed by atoms with Crippen LogP contribution in [0.5, 0.6) is 0 Å². The molecule has 6 nitrogen and oxygen atoms in total. The van der Waals surface area contributed by atoms with E-state index in [1.165, 1.54) is 22.5 Å². The molecule has 124 valence electrons. The summed E-state index contributed by atoms with van der Waals surface area (Å²) in [5.74, 6) is 1.26. The van der Waals surface area contributed by atoms with E-state index in [1.54, 1.807) is 25.4 Å². The van der Waals surface area contributed by atoms with Gasteiger partial charge in [0.1, 0.15) is 12.5 Å². The first kappa shape index (κ1) is 15.0. The fourth-order valence-corrected chi connectivity index (χ4v) is 6.37. The highest BCUT2D eigenvalue weighted by molar-refractivity contribution is 7.87. The van der Waals surface area contributed by atoms with Gasteiger partial charge in [-0.1, -0.05) is 13.0 Å². The number of nitrogens with one attached hydrogen (secondary N) is 1. The maximum Gasteiger partial charge on any atom is 0.334 e. The Labute approximate surface area is 137 Å². The van der Waals surface area contributed by atoms with Crippen LogP contribution in [-0.2, 0) is 10.2 Å². The summed E-state index contributed by atoms with van der Waals surface area (Å²) in [4.78, 5) is 0. The van der Waals surface area contributed by atoms with Gasteiger partial charge in [0.05, 0.1) is 19.2 Å². The van der Waals surface area contributed by atoms with Gasteiger partial charge >= 0.3 is 10.2 Å². The zero-order valence-corrected chi connectivity index (χ0v) is 14.5. The number of hydrogen-bond acceptors (Lipinski definition) is 3. The Morgan fingerprint density at radius 2 is 2.30 bits per heavy atom. The first-order valence-corrected chi connectivity index (χ1v) is 9.50. The molecule has 0 aromatic heterocycles. The molecule has 23 heavy (non-hydrogen) atoms. The molecule has 3 fully saturated rings. The first-order chi connectivity index (χ1) is 10.9. The van der Waals surface area contributed by atoms with E-state index in [2.05, 4.69) is 14.0 Å². The summed E-state index contributed by atoms with van der Waals surface area (Å²) < 4.78 is 28.7. The number of rotatable bonds is 5. The highest BCUT2D eigenvalue weighted by Gasteiger charge is 3.02. The summed E-state index contributed by atoms with van der Waals surface area (Å²) in [5, 5.41) is 7.40. The molecule has 2 saturated carbocycles. The van der Waals surface area contributed by atoms with E-state index in [-0.39, 0.29) is 0 Å². The van der Waals surface area contributed by atoms with E-state index >= 15 is 0 Å². The van der Waals surface area contributed by atoms with Crippen molar-refractivity contribution in [1.82, 2.24) is 8.61 Å². The van der Waals surface area contributed by atoms with Crippen LogP contribution >= 0.6 is 0 Å². The SMILES string of the molecule is C/C=C\N(C=N)S(=O)(=O)N1C=C[N+]2(C)C3C[C@@H]4C(C(CC)=C1)C342. The van der Waals surface area contributed by atoms with Gasteiger partial charge < -0.3 is 0 Å². The lowest BCUT2D eigenvalue weighted by molar-refractivity contribution is -0.751. The fourth-order valence-electron chi connectivity index (χ4n) is 5.27. The van der Waals surface area contributed by atoms with E-state index in [9.17, 15) is 8.42 Å². The zero-order valence-electron chi connectivity index (χ0n) is 13.7. The minimum absolute atomic E-state index is 0.388. The number of piperidine rings is 1. The second-order valence-electron chi connectivity index (χ2n) is 7.01. The van der Waals surface area contributed by atoms with E-state index in [0.717, 1.165) is 27.5 Å². The highest BCUT2D eigenvalue weighted by atomic mass is 32.2. The lowest BCUT2D eigenvalue weighted by Gasteiger charge is -2.25. The number of fused-ring (bicyclic) bond motifs is 2. The summed E-state index contributed by atoms with van der Waals surface area (Å²) in [7, 11) is -1.58. The maximum atomic E-state index is 12.8. The zero-order chi connectivity index (χ0) is 16.6. The quantitative estimate of drug-likeness (QED) is 0.361. The Hall–Kier alpha value is -1.60. The molecular weight excluding hydrogens is 312 g/mol. The van der Waals surface area contributed by atoms with Gasteiger partial charge in [0.15, 0.2) is 11.6 Å². The molecule has 1 saturated heterocycles. The van der Waals surface area contributed by atoms with Gasteiger partial charge in [0, 0.05) is 24.7 Å². The third-order valence-electron chi connectivity index (χ3n) is 6.39. The molecule has 1 spiro atoms. The van der Waals surface area contributed by atoms with Gasteiger partial charge in [0.25, 0.3) is 0 Å². The average molecular weight is 335 g/mol. The Morgan fingerprint density at radius 3 is 2.87 bits per heavy atom. The van der Waals surface area contributed by atoms with Crippen molar-refractivity contribution < 1.29 is 12.9 Å². The topological polar surface area (TPSA) is 64.5 Å². The second kappa shape index (κ2) is 4.27. The molecule has 1 N–H and O–H groups in total. The Balaban J connectivity index is 1.75. The third kappa shape index (κ3) is 1.48. The lowest BCUT2D eigenvalue weighted by Crippen LogP contribution is -2.36. The summed E-state index contributed by atoms with van der Waals surface area (Å²) >= 11 is 0. The number of nitrogens with zero attached hydrogens (tertiary/aromatic N) is 3. The van der Waals surface area contributed by atoms with Crippen LogP contribution in [0.3, 0.4) is 0 Å². The fraction of sp³-hybridized carbons (Fsp3) is 0.562. The Kier molecular flexibility index (Phi) is 2.78. The van der Waals surface area contributed by atoms with Gasteiger partial charge in [-0.05, 0) is 18.9 Å². The molecule has 2 aliphatic heterocycles. The van der Waals surface area contributed by atoms with E-state index in [0.29, 0.717) is 17.5 Å². The maximum absolute atomic E-state index is 12.8. The molecule has 2 aliphatic carbocycles. The monoisotopic (exact) mass is 335 g/mol. The van der Waals surface area contributed by atoms with Crippen molar-refractivity contribution in [2.45, 2.75) is 38.3 Å². The van der Waals surface area contributed by atoms with Crippen LogP contribution < -0.4 is 0 Å². The molecule has 0 aromatic carbocycles. The van der Waals surface area contributed by atoms with Crippen LogP contribution in [0.2, 0.25) is 0 Å². The van der Waals surface area contributed by atoms with Crippen molar-refractivity contribution in [2.75, 3.05) is 7.05 Å². The summed E-state index contributed by atoms with van der Waals surface area (Å²) in [5.41, 5.74) is 1.61. The molecular formula is C16H23N4O2S+. The Bertz CT molecular complexity index is 771. The summed E-state index contributed by atoms with van der Waals surface area (Å²) in [6.07, 6.45) is 11.4. The molecule has 7 heteroatoms. The van der Waals surface area contributed by atoms with Crippen LogP contribution in [0, 0.1) is 17.2 Å². The molecule has 0 amide bonds. The van der Waals surface area contributed by atoms with Crippen LogP contribution in [0.1, 0.15) is 26.7 Å². The van der Waals surface area contributed by atoms with E-state index < -0.39 is 10.2 Å². The summed E-state index contributed by atoms with van der Waals surface area (Å²) in [6.45, 7) is 3.83. The predicted molar refractivity (Wildman–Crippen MR) is 88.0 cm³/mol. The van der Waals surface area contributed by atoms with Crippen LogP contribution in [0.15, 0.2) is 36.4 Å². The predicted octanol–water partition coefficient (Wildman–Crippen LogP) is 1.97. The van der Waals surface area contributed by atoms with Gasteiger partial charge in [-0.15, -0.1) is 0 Å². The smallest absolute Gasteiger partial charge is 0.290 e. The minimum atomic E-state index is -3.80. The molecule has 0 bridgehead atoms.